The van der Waals surface area contributed by atoms with E-state index in [0.29, 0.717) is 0 Å². The average molecular weight is 274 g/mol. The number of nitrogens with zero attached hydrogens (tertiary/aromatic N) is 3. The van der Waals surface area contributed by atoms with E-state index in [9.17, 15) is 0 Å². The van der Waals surface area contributed by atoms with Gasteiger partial charge in [0, 0.05) is 30.6 Å². The molecule has 19 heavy (non-hydrogen) atoms. The van der Waals surface area contributed by atoms with E-state index in [4.69, 9.17) is 10.7 Å². The van der Waals surface area contributed by atoms with Crippen LogP contribution in [0.3, 0.4) is 0 Å². The third-order valence-corrected chi connectivity index (χ3v) is 4.48. The van der Waals surface area contributed by atoms with Crippen molar-refractivity contribution in [2.75, 3.05) is 19.6 Å². The van der Waals surface area contributed by atoms with Crippen molar-refractivity contribution in [1.82, 2.24) is 14.9 Å². The van der Waals surface area contributed by atoms with Crippen LogP contribution < -0.4 is 5.73 Å². The first-order valence-corrected chi connectivity index (χ1v) is 7.51. The molecule has 0 spiro atoms. The van der Waals surface area contributed by atoms with Gasteiger partial charge in [-0.2, -0.15) is 0 Å². The van der Waals surface area contributed by atoms with Crippen LogP contribution in [-0.2, 0) is 13.0 Å². The molecule has 0 atom stereocenters. The lowest BCUT2D eigenvalue weighted by atomic mass is 10.1. The Kier molecular flexibility index (Phi) is 3.87. The van der Waals surface area contributed by atoms with Crippen LogP contribution in [-0.4, -0.2) is 34.5 Å². The van der Waals surface area contributed by atoms with E-state index in [1.54, 1.807) is 11.3 Å². The highest BCUT2D eigenvalue weighted by atomic mass is 32.1. The van der Waals surface area contributed by atoms with Gasteiger partial charge in [0.1, 0.15) is 5.01 Å². The zero-order valence-electron chi connectivity index (χ0n) is 10.9. The molecule has 4 nitrogen and oxygen atoms in total. The SMILES string of the molecule is NCCCN1CCc2nc(-c3ccccn3)sc2C1. The predicted molar refractivity (Wildman–Crippen MR) is 78.0 cm³/mol. The molecule has 0 amide bonds. The Balaban J connectivity index is 1.77. The van der Waals surface area contributed by atoms with Crippen LogP contribution in [0.2, 0.25) is 0 Å². The largest absolute Gasteiger partial charge is 0.330 e. The predicted octanol–water partition coefficient (Wildman–Crippen LogP) is 1.91. The Labute approximate surface area is 117 Å². The van der Waals surface area contributed by atoms with Crippen molar-refractivity contribution in [1.29, 1.82) is 0 Å². The highest BCUT2D eigenvalue weighted by Gasteiger charge is 2.20. The molecular weight excluding hydrogens is 256 g/mol. The van der Waals surface area contributed by atoms with Crippen LogP contribution in [0, 0.1) is 0 Å². The Hall–Kier alpha value is -1.30. The first kappa shape index (κ1) is 12.7. The van der Waals surface area contributed by atoms with Gasteiger partial charge in [0.25, 0.3) is 0 Å². The van der Waals surface area contributed by atoms with Gasteiger partial charge in [-0.3, -0.25) is 9.88 Å². The van der Waals surface area contributed by atoms with Crippen LogP contribution >= 0.6 is 11.3 Å². The van der Waals surface area contributed by atoms with Gasteiger partial charge in [-0.1, -0.05) is 6.07 Å². The Morgan fingerprint density at radius 1 is 1.37 bits per heavy atom. The summed E-state index contributed by atoms with van der Waals surface area (Å²) in [7, 11) is 0. The fraction of sp³-hybridized carbons (Fsp3) is 0.429. The lowest BCUT2D eigenvalue weighted by molar-refractivity contribution is 0.254. The van der Waals surface area contributed by atoms with Gasteiger partial charge in [0.05, 0.1) is 11.4 Å². The molecule has 3 rings (SSSR count). The fourth-order valence-electron chi connectivity index (χ4n) is 2.35. The summed E-state index contributed by atoms with van der Waals surface area (Å²) in [6.45, 7) is 3.97. The standard InChI is InChI=1S/C14H18N4S/c15-6-3-8-18-9-5-11-13(10-18)19-14(17-11)12-4-1-2-7-16-12/h1-2,4,7H,3,5-6,8-10,15H2. The van der Waals surface area contributed by atoms with Crippen molar-refractivity contribution < 1.29 is 0 Å². The molecule has 0 aromatic carbocycles. The van der Waals surface area contributed by atoms with Gasteiger partial charge in [0.15, 0.2) is 0 Å². The highest BCUT2D eigenvalue weighted by molar-refractivity contribution is 7.15. The number of aromatic nitrogens is 2. The van der Waals surface area contributed by atoms with Gasteiger partial charge in [0.2, 0.25) is 0 Å². The van der Waals surface area contributed by atoms with E-state index >= 15 is 0 Å². The number of hydrogen-bond acceptors (Lipinski definition) is 5. The van der Waals surface area contributed by atoms with Gasteiger partial charge >= 0.3 is 0 Å². The van der Waals surface area contributed by atoms with E-state index in [-0.39, 0.29) is 0 Å². The lowest BCUT2D eigenvalue weighted by Crippen LogP contribution is -2.31. The van der Waals surface area contributed by atoms with Crippen molar-refractivity contribution in [2.45, 2.75) is 19.4 Å². The molecule has 100 valence electrons. The topological polar surface area (TPSA) is 55.0 Å². The highest BCUT2D eigenvalue weighted by Crippen LogP contribution is 2.30. The monoisotopic (exact) mass is 274 g/mol. The summed E-state index contributed by atoms with van der Waals surface area (Å²) < 4.78 is 0. The molecule has 0 saturated carbocycles. The number of thiazole rings is 1. The summed E-state index contributed by atoms with van der Waals surface area (Å²) in [5.74, 6) is 0. The summed E-state index contributed by atoms with van der Waals surface area (Å²) in [6.07, 6.45) is 3.94. The molecule has 2 N–H and O–H groups in total. The normalized spacial score (nSPS) is 15.4. The molecule has 2 aromatic rings. The number of pyridine rings is 1. The zero-order chi connectivity index (χ0) is 13.1. The van der Waals surface area contributed by atoms with E-state index in [1.807, 2.05) is 24.4 Å². The molecule has 0 radical (unpaired) electrons. The van der Waals surface area contributed by atoms with E-state index < -0.39 is 0 Å². The molecular formula is C14H18N4S. The Morgan fingerprint density at radius 2 is 2.32 bits per heavy atom. The molecule has 0 unspecified atom stereocenters. The second-order valence-electron chi connectivity index (χ2n) is 4.77. The summed E-state index contributed by atoms with van der Waals surface area (Å²) in [5, 5.41) is 1.05. The molecule has 0 saturated heterocycles. The smallest absolute Gasteiger partial charge is 0.142 e. The van der Waals surface area contributed by atoms with E-state index in [1.165, 1.54) is 10.6 Å². The van der Waals surface area contributed by atoms with Crippen LogP contribution in [0.25, 0.3) is 10.7 Å². The van der Waals surface area contributed by atoms with Crippen molar-refractivity contribution in [2.24, 2.45) is 5.73 Å². The van der Waals surface area contributed by atoms with Gasteiger partial charge < -0.3 is 5.73 Å². The van der Waals surface area contributed by atoms with Crippen molar-refractivity contribution in [3.8, 4) is 10.7 Å². The summed E-state index contributed by atoms with van der Waals surface area (Å²) >= 11 is 1.78. The van der Waals surface area contributed by atoms with Crippen molar-refractivity contribution in [3.05, 3.63) is 35.0 Å². The maximum atomic E-state index is 5.58. The summed E-state index contributed by atoms with van der Waals surface area (Å²) in [5.41, 5.74) is 7.82. The summed E-state index contributed by atoms with van der Waals surface area (Å²) in [6, 6.07) is 5.97. The molecule has 1 aliphatic heterocycles. The maximum absolute atomic E-state index is 5.58. The van der Waals surface area contributed by atoms with Crippen LogP contribution in [0.5, 0.6) is 0 Å². The second-order valence-corrected chi connectivity index (χ2v) is 5.86. The maximum Gasteiger partial charge on any atom is 0.142 e. The van der Waals surface area contributed by atoms with Crippen molar-refractivity contribution in [3.63, 3.8) is 0 Å². The third-order valence-electron chi connectivity index (χ3n) is 3.37. The molecule has 1 aliphatic rings. The Morgan fingerprint density at radius 3 is 3.11 bits per heavy atom. The molecule has 0 aliphatic carbocycles. The minimum absolute atomic E-state index is 0.769. The second kappa shape index (κ2) is 5.77. The van der Waals surface area contributed by atoms with Crippen LogP contribution in [0.15, 0.2) is 24.4 Å². The van der Waals surface area contributed by atoms with Gasteiger partial charge in [-0.15, -0.1) is 11.3 Å². The third kappa shape index (κ3) is 2.83. The van der Waals surface area contributed by atoms with Gasteiger partial charge in [-0.25, -0.2) is 4.98 Å². The molecule has 0 bridgehead atoms. The lowest BCUT2D eigenvalue weighted by Gasteiger charge is -2.25. The number of rotatable bonds is 4. The van der Waals surface area contributed by atoms with E-state index in [2.05, 4.69) is 9.88 Å². The minimum atomic E-state index is 0.769. The number of nitrogens with two attached hydrogens (primary N) is 1. The first-order valence-electron chi connectivity index (χ1n) is 6.69. The molecule has 0 fully saturated rings. The zero-order valence-corrected chi connectivity index (χ0v) is 11.7. The average Bonchev–Trinajstić information content (AvgIpc) is 2.89. The molecule has 2 aromatic heterocycles. The van der Waals surface area contributed by atoms with Crippen molar-refractivity contribution >= 4 is 11.3 Å². The molecule has 3 heterocycles. The van der Waals surface area contributed by atoms with Crippen LogP contribution in [0.4, 0.5) is 0 Å². The number of fused-ring (bicyclic) bond motifs is 1. The Bertz CT molecular complexity index is 538. The van der Waals surface area contributed by atoms with Gasteiger partial charge in [-0.05, 0) is 31.6 Å². The van der Waals surface area contributed by atoms with Crippen LogP contribution in [0.1, 0.15) is 17.0 Å². The quantitative estimate of drug-likeness (QED) is 0.925. The number of hydrogen-bond donors (Lipinski definition) is 1. The summed E-state index contributed by atoms with van der Waals surface area (Å²) in [4.78, 5) is 13.0. The minimum Gasteiger partial charge on any atom is -0.330 e. The van der Waals surface area contributed by atoms with E-state index in [0.717, 1.165) is 49.7 Å². The fourth-order valence-corrected chi connectivity index (χ4v) is 3.48. The molecule has 5 heteroatoms. The first-order chi connectivity index (χ1) is 9.36.